The zero-order chi connectivity index (χ0) is 22.0. The third kappa shape index (κ3) is 4.51. The van der Waals surface area contributed by atoms with Gasteiger partial charge in [-0.3, -0.25) is 14.9 Å². The van der Waals surface area contributed by atoms with Crippen LogP contribution in [0.15, 0.2) is 80.6 Å². The van der Waals surface area contributed by atoms with E-state index in [1.165, 1.54) is 29.8 Å². The molecule has 1 aliphatic heterocycles. The molecule has 3 aromatic rings. The van der Waals surface area contributed by atoms with E-state index in [1.807, 2.05) is 12.1 Å². The van der Waals surface area contributed by atoms with Gasteiger partial charge in [-0.15, -0.1) is 0 Å². The van der Waals surface area contributed by atoms with Crippen molar-refractivity contribution in [2.45, 2.75) is 9.99 Å². The Morgan fingerprint density at radius 1 is 1.10 bits per heavy atom. The van der Waals surface area contributed by atoms with Crippen molar-refractivity contribution in [3.05, 3.63) is 77.0 Å². The predicted molar refractivity (Wildman–Crippen MR) is 123 cm³/mol. The predicted octanol–water partition coefficient (Wildman–Crippen LogP) is 4.92. The minimum atomic E-state index is -0.593. The topological polar surface area (TPSA) is 71.8 Å². The maximum absolute atomic E-state index is 13.1. The van der Waals surface area contributed by atoms with E-state index < -0.39 is 11.8 Å². The number of amides is 2. The Morgan fingerprint density at radius 3 is 2.58 bits per heavy atom. The normalized spacial score (nSPS) is 15.4. The lowest BCUT2D eigenvalue weighted by Crippen LogP contribution is -2.54. The molecule has 0 spiro atoms. The SMILES string of the molecule is COc1ccccc1N1C(=O)C(=Cc2ccc(Sc3ccc(Cl)cc3)o2)C(=O)NC1=S. The van der Waals surface area contributed by atoms with Crippen LogP contribution in [0.25, 0.3) is 6.08 Å². The molecule has 0 saturated carbocycles. The molecule has 2 amide bonds. The van der Waals surface area contributed by atoms with Crippen LogP contribution in [0, 0.1) is 0 Å². The Hall–Kier alpha value is -3.07. The van der Waals surface area contributed by atoms with Crippen LogP contribution in [0.4, 0.5) is 5.69 Å². The van der Waals surface area contributed by atoms with Crippen LogP contribution in [0.5, 0.6) is 5.75 Å². The van der Waals surface area contributed by atoms with Crippen LogP contribution in [0.3, 0.4) is 0 Å². The lowest BCUT2D eigenvalue weighted by molar-refractivity contribution is -0.122. The maximum atomic E-state index is 13.1. The van der Waals surface area contributed by atoms with E-state index in [0.29, 0.717) is 27.3 Å². The number of rotatable bonds is 5. The van der Waals surface area contributed by atoms with Crippen molar-refractivity contribution < 1.29 is 18.7 Å². The van der Waals surface area contributed by atoms with Crippen LogP contribution >= 0.6 is 35.6 Å². The average molecular weight is 471 g/mol. The molecule has 1 aromatic heterocycles. The van der Waals surface area contributed by atoms with Gasteiger partial charge in [0.2, 0.25) is 0 Å². The Kier molecular flexibility index (Phi) is 6.13. The molecule has 31 heavy (non-hydrogen) atoms. The molecule has 0 bridgehead atoms. The van der Waals surface area contributed by atoms with Gasteiger partial charge in [0.1, 0.15) is 17.1 Å². The number of methoxy groups -OCH3 is 1. The number of furan rings is 1. The van der Waals surface area contributed by atoms with Crippen molar-refractivity contribution in [3.63, 3.8) is 0 Å². The first-order chi connectivity index (χ1) is 15.0. The van der Waals surface area contributed by atoms with Crippen LogP contribution in [0.1, 0.15) is 5.76 Å². The lowest BCUT2D eigenvalue weighted by atomic mass is 10.1. The summed E-state index contributed by atoms with van der Waals surface area (Å²) in [6.07, 6.45) is 1.40. The molecule has 0 radical (unpaired) electrons. The summed E-state index contributed by atoms with van der Waals surface area (Å²) in [5.41, 5.74) is 0.334. The van der Waals surface area contributed by atoms with Gasteiger partial charge >= 0.3 is 0 Å². The van der Waals surface area contributed by atoms with E-state index in [-0.39, 0.29) is 10.7 Å². The summed E-state index contributed by atoms with van der Waals surface area (Å²) >= 11 is 12.5. The smallest absolute Gasteiger partial charge is 0.270 e. The molecule has 1 saturated heterocycles. The second-order valence-electron chi connectivity index (χ2n) is 6.34. The minimum Gasteiger partial charge on any atom is -0.495 e. The van der Waals surface area contributed by atoms with E-state index in [4.69, 9.17) is 33.0 Å². The summed E-state index contributed by atoms with van der Waals surface area (Å²) < 4.78 is 11.1. The van der Waals surface area contributed by atoms with Crippen molar-refractivity contribution in [1.29, 1.82) is 0 Å². The molecule has 156 valence electrons. The largest absolute Gasteiger partial charge is 0.495 e. The summed E-state index contributed by atoms with van der Waals surface area (Å²) in [6.45, 7) is 0. The number of thiocarbonyl (C=S) groups is 1. The van der Waals surface area contributed by atoms with Gasteiger partial charge in [0, 0.05) is 9.92 Å². The van der Waals surface area contributed by atoms with Gasteiger partial charge in [-0.2, -0.15) is 0 Å². The number of para-hydroxylation sites is 2. The summed E-state index contributed by atoms with van der Waals surface area (Å²) in [5, 5.41) is 3.78. The Labute approximate surface area is 192 Å². The number of carbonyl (C=O) groups is 2. The van der Waals surface area contributed by atoms with Crippen LogP contribution < -0.4 is 15.0 Å². The second-order valence-corrected chi connectivity index (χ2v) is 8.24. The molecule has 4 rings (SSSR count). The van der Waals surface area contributed by atoms with Gasteiger partial charge in [-0.05, 0) is 66.8 Å². The average Bonchev–Trinajstić information content (AvgIpc) is 3.20. The first-order valence-corrected chi connectivity index (χ1v) is 10.6. The number of hydrogen-bond donors (Lipinski definition) is 1. The fraction of sp³-hybridized carbons (Fsp3) is 0.0455. The highest BCUT2D eigenvalue weighted by Gasteiger charge is 2.36. The van der Waals surface area contributed by atoms with Crippen LogP contribution in [0.2, 0.25) is 5.02 Å². The molecule has 2 aromatic carbocycles. The van der Waals surface area contributed by atoms with E-state index >= 15 is 0 Å². The molecule has 1 N–H and O–H groups in total. The third-order valence-electron chi connectivity index (χ3n) is 4.35. The fourth-order valence-electron chi connectivity index (χ4n) is 2.92. The van der Waals surface area contributed by atoms with Crippen LogP contribution in [-0.4, -0.2) is 24.0 Å². The van der Waals surface area contributed by atoms with E-state index in [0.717, 1.165) is 4.90 Å². The molecule has 1 fully saturated rings. The maximum Gasteiger partial charge on any atom is 0.270 e. The number of anilines is 1. The van der Waals surface area contributed by atoms with Crippen molar-refractivity contribution in [2.24, 2.45) is 0 Å². The highest BCUT2D eigenvalue weighted by atomic mass is 35.5. The first-order valence-electron chi connectivity index (χ1n) is 9.04. The second kappa shape index (κ2) is 8.97. The fourth-order valence-corrected chi connectivity index (χ4v) is 4.10. The van der Waals surface area contributed by atoms with Gasteiger partial charge in [0.05, 0.1) is 12.8 Å². The van der Waals surface area contributed by atoms with Crippen molar-refractivity contribution in [3.8, 4) is 5.75 Å². The third-order valence-corrected chi connectivity index (χ3v) is 5.81. The number of benzene rings is 2. The first kappa shape index (κ1) is 21.2. The zero-order valence-corrected chi connectivity index (χ0v) is 18.5. The standard InChI is InChI=1S/C22H15ClN2O4S2/c1-28-18-5-3-2-4-17(18)25-21(27)16(20(26)24-22(25)30)12-14-8-11-19(29-14)31-15-9-6-13(23)7-10-15/h2-12H,1H3,(H,24,26,30). The summed E-state index contributed by atoms with van der Waals surface area (Å²) in [6, 6.07) is 17.7. The van der Waals surface area contributed by atoms with Gasteiger partial charge in [-0.25, -0.2) is 4.90 Å². The monoisotopic (exact) mass is 470 g/mol. The highest BCUT2D eigenvalue weighted by Crippen LogP contribution is 2.33. The molecule has 2 heterocycles. The van der Waals surface area contributed by atoms with E-state index in [9.17, 15) is 9.59 Å². The number of nitrogens with one attached hydrogen (secondary N) is 1. The van der Waals surface area contributed by atoms with Crippen molar-refractivity contribution in [2.75, 3.05) is 12.0 Å². The van der Waals surface area contributed by atoms with Gasteiger partial charge in [0.25, 0.3) is 11.8 Å². The highest BCUT2D eigenvalue weighted by molar-refractivity contribution is 7.99. The Bertz CT molecular complexity index is 1200. The van der Waals surface area contributed by atoms with Gasteiger partial charge in [-0.1, -0.05) is 35.5 Å². The Morgan fingerprint density at radius 2 is 1.84 bits per heavy atom. The molecule has 0 aliphatic carbocycles. The molecule has 6 nitrogen and oxygen atoms in total. The number of hydrogen-bond acceptors (Lipinski definition) is 6. The molecule has 1 aliphatic rings. The molecular weight excluding hydrogens is 456 g/mol. The number of carbonyl (C=O) groups excluding carboxylic acids is 2. The number of ether oxygens (including phenoxy) is 1. The van der Waals surface area contributed by atoms with Crippen LogP contribution in [-0.2, 0) is 9.59 Å². The van der Waals surface area contributed by atoms with E-state index in [2.05, 4.69) is 5.32 Å². The number of halogens is 1. The quantitative estimate of drug-likeness (QED) is 0.324. The van der Waals surface area contributed by atoms with Gasteiger partial charge in [0.15, 0.2) is 10.2 Å². The lowest BCUT2D eigenvalue weighted by Gasteiger charge is -2.29. The summed E-state index contributed by atoms with van der Waals surface area (Å²) in [5.74, 6) is -0.345. The Balaban J connectivity index is 1.61. The van der Waals surface area contributed by atoms with Crippen molar-refractivity contribution in [1.82, 2.24) is 5.32 Å². The molecular formula is C22H15ClN2O4S2. The minimum absolute atomic E-state index is 0.0184. The molecule has 0 unspecified atom stereocenters. The van der Waals surface area contributed by atoms with E-state index in [1.54, 1.807) is 48.5 Å². The number of nitrogens with zero attached hydrogens (tertiary/aromatic N) is 1. The molecule has 0 atom stereocenters. The molecule has 9 heteroatoms. The van der Waals surface area contributed by atoms with Gasteiger partial charge < -0.3 is 9.15 Å². The van der Waals surface area contributed by atoms with Crippen molar-refractivity contribution >= 4 is 64.3 Å². The zero-order valence-electron chi connectivity index (χ0n) is 16.1. The summed E-state index contributed by atoms with van der Waals surface area (Å²) in [4.78, 5) is 27.8. The summed E-state index contributed by atoms with van der Waals surface area (Å²) in [7, 11) is 1.49.